The third kappa shape index (κ3) is 2.58. The average Bonchev–Trinajstić information content (AvgIpc) is 2.80. The lowest BCUT2D eigenvalue weighted by Gasteiger charge is -2.00. The molecule has 0 fully saturated rings. The molecule has 2 aromatic rings. The van der Waals surface area contributed by atoms with E-state index in [0.29, 0.717) is 11.4 Å². The van der Waals surface area contributed by atoms with Crippen LogP contribution in [0.15, 0.2) is 35.5 Å². The first-order valence-corrected chi connectivity index (χ1v) is 5.62. The smallest absolute Gasteiger partial charge is 0.275 e. The Morgan fingerprint density at radius 2 is 2.29 bits per heavy atom. The van der Waals surface area contributed by atoms with Gasteiger partial charge in [0.05, 0.1) is 17.7 Å². The fourth-order valence-corrected chi connectivity index (χ4v) is 2.23. The van der Waals surface area contributed by atoms with Gasteiger partial charge in [-0.25, -0.2) is 10.8 Å². The number of hydrogen-bond acceptors (Lipinski definition) is 5. The van der Waals surface area contributed by atoms with Crippen LogP contribution < -0.4 is 16.8 Å². The lowest BCUT2D eigenvalue weighted by Crippen LogP contribution is -2.29. The molecular formula is C10H10N4O2S. The third-order valence-corrected chi connectivity index (χ3v) is 3.20. The van der Waals surface area contributed by atoms with Gasteiger partial charge in [0.1, 0.15) is 0 Å². The summed E-state index contributed by atoms with van der Waals surface area (Å²) < 4.78 is 1.47. The van der Waals surface area contributed by atoms with Gasteiger partial charge in [-0.3, -0.25) is 19.6 Å². The van der Waals surface area contributed by atoms with Crippen LogP contribution in [0.5, 0.6) is 0 Å². The molecule has 3 N–H and O–H groups in total. The number of hydrogen-bond donors (Lipinski definition) is 2. The van der Waals surface area contributed by atoms with Gasteiger partial charge in [-0.1, -0.05) is 0 Å². The van der Waals surface area contributed by atoms with E-state index in [9.17, 15) is 9.59 Å². The molecule has 1 amide bonds. The summed E-state index contributed by atoms with van der Waals surface area (Å²) in [6.07, 6.45) is 2.91. The third-order valence-electron chi connectivity index (χ3n) is 2.14. The molecule has 0 atom stereocenters. The standard InChI is InChI=1S/C10H10N4O2S/c11-13-10(16)8-2-1-7(17-8)5-14-6-12-4-3-9(14)15/h1-4,6H,5,11H2,(H,13,16). The van der Waals surface area contributed by atoms with Crippen molar-refractivity contribution in [2.45, 2.75) is 6.54 Å². The highest BCUT2D eigenvalue weighted by atomic mass is 32.1. The predicted octanol–water partition coefficient (Wildman–Crippen LogP) is -0.0434. The van der Waals surface area contributed by atoms with Crippen LogP contribution in [0.1, 0.15) is 14.5 Å². The maximum atomic E-state index is 11.4. The Balaban J connectivity index is 2.20. The number of nitrogens with zero attached hydrogens (tertiary/aromatic N) is 2. The average molecular weight is 250 g/mol. The summed E-state index contributed by atoms with van der Waals surface area (Å²) in [5.74, 6) is 4.70. The minimum absolute atomic E-state index is 0.127. The van der Waals surface area contributed by atoms with E-state index in [4.69, 9.17) is 5.84 Å². The lowest BCUT2D eigenvalue weighted by molar-refractivity contribution is 0.0957. The summed E-state index contributed by atoms with van der Waals surface area (Å²) in [4.78, 5) is 28.0. The number of nitrogens with one attached hydrogen (secondary N) is 1. The van der Waals surface area contributed by atoms with Crippen molar-refractivity contribution in [3.05, 3.63) is 50.8 Å². The number of aromatic nitrogens is 2. The minimum Gasteiger partial charge on any atom is -0.294 e. The zero-order valence-corrected chi connectivity index (χ0v) is 9.61. The summed E-state index contributed by atoms with van der Waals surface area (Å²) in [5.41, 5.74) is 1.93. The molecule has 88 valence electrons. The molecule has 0 radical (unpaired) electrons. The van der Waals surface area contributed by atoms with Crippen molar-refractivity contribution in [2.75, 3.05) is 0 Å². The van der Waals surface area contributed by atoms with Crippen LogP contribution >= 0.6 is 11.3 Å². The van der Waals surface area contributed by atoms with Crippen LogP contribution in [0.25, 0.3) is 0 Å². The fraction of sp³-hybridized carbons (Fsp3) is 0.100. The van der Waals surface area contributed by atoms with Gasteiger partial charge in [-0.05, 0) is 12.1 Å². The Hall–Kier alpha value is -1.99. The number of hydrazine groups is 1. The van der Waals surface area contributed by atoms with Gasteiger partial charge in [0, 0.05) is 17.1 Å². The number of nitrogen functional groups attached to an aromatic ring is 1. The molecule has 0 aliphatic heterocycles. The molecule has 0 saturated carbocycles. The molecule has 0 saturated heterocycles. The first-order valence-electron chi connectivity index (χ1n) is 4.81. The molecule has 0 spiro atoms. The van der Waals surface area contributed by atoms with Crippen molar-refractivity contribution in [3.8, 4) is 0 Å². The van der Waals surface area contributed by atoms with Gasteiger partial charge >= 0.3 is 0 Å². The molecule has 6 nitrogen and oxygen atoms in total. The topological polar surface area (TPSA) is 90.0 Å². The van der Waals surface area contributed by atoms with Gasteiger partial charge in [0.25, 0.3) is 11.5 Å². The Labute approximate surface area is 101 Å². The van der Waals surface area contributed by atoms with Crippen LogP contribution in [0, 0.1) is 0 Å². The highest BCUT2D eigenvalue weighted by Crippen LogP contribution is 2.16. The number of rotatable bonds is 3. The SMILES string of the molecule is NNC(=O)c1ccc(Cn2cnccc2=O)s1. The van der Waals surface area contributed by atoms with Gasteiger partial charge in [0.15, 0.2) is 0 Å². The second kappa shape index (κ2) is 4.89. The van der Waals surface area contributed by atoms with Crippen LogP contribution in [-0.4, -0.2) is 15.5 Å². The first kappa shape index (κ1) is 11.5. The Kier molecular flexibility index (Phi) is 3.31. The van der Waals surface area contributed by atoms with Crippen LogP contribution in [0.4, 0.5) is 0 Å². The molecule has 0 aliphatic carbocycles. The lowest BCUT2D eigenvalue weighted by atomic mass is 10.4. The van der Waals surface area contributed by atoms with E-state index in [1.807, 2.05) is 0 Å². The molecular weight excluding hydrogens is 240 g/mol. The van der Waals surface area contributed by atoms with Crippen LogP contribution in [-0.2, 0) is 6.54 Å². The summed E-state index contributed by atoms with van der Waals surface area (Å²) in [6.45, 7) is 0.398. The fourth-order valence-electron chi connectivity index (χ4n) is 1.32. The molecule has 0 unspecified atom stereocenters. The summed E-state index contributed by atoms with van der Waals surface area (Å²) in [7, 11) is 0. The van der Waals surface area contributed by atoms with E-state index < -0.39 is 0 Å². The van der Waals surface area contributed by atoms with E-state index in [2.05, 4.69) is 10.4 Å². The molecule has 0 aliphatic rings. The number of carbonyl (C=O) groups excluding carboxylic acids is 1. The van der Waals surface area contributed by atoms with Gasteiger partial charge in [-0.2, -0.15) is 0 Å². The largest absolute Gasteiger partial charge is 0.294 e. The van der Waals surface area contributed by atoms with E-state index in [1.54, 1.807) is 12.1 Å². The summed E-state index contributed by atoms with van der Waals surface area (Å²) in [6, 6.07) is 4.85. The Bertz CT molecular complexity index is 590. The van der Waals surface area contributed by atoms with E-state index in [0.717, 1.165) is 4.88 Å². The molecule has 0 bridgehead atoms. The monoisotopic (exact) mass is 250 g/mol. The van der Waals surface area contributed by atoms with Crippen LogP contribution in [0.2, 0.25) is 0 Å². The number of thiophene rings is 1. The molecule has 2 rings (SSSR count). The zero-order chi connectivity index (χ0) is 12.3. The van der Waals surface area contributed by atoms with Gasteiger partial charge in [-0.15, -0.1) is 11.3 Å². The molecule has 0 aromatic carbocycles. The number of nitrogens with two attached hydrogens (primary N) is 1. The molecule has 2 heterocycles. The highest BCUT2D eigenvalue weighted by Gasteiger charge is 2.07. The number of carbonyl (C=O) groups is 1. The quantitative estimate of drug-likeness (QED) is 0.454. The van der Waals surface area contributed by atoms with Crippen molar-refractivity contribution in [2.24, 2.45) is 5.84 Å². The normalized spacial score (nSPS) is 10.2. The summed E-state index contributed by atoms with van der Waals surface area (Å²) >= 11 is 1.29. The van der Waals surface area contributed by atoms with Crippen molar-refractivity contribution in [1.82, 2.24) is 15.0 Å². The minimum atomic E-state index is -0.334. The van der Waals surface area contributed by atoms with Gasteiger partial charge in [0.2, 0.25) is 0 Å². The second-order valence-electron chi connectivity index (χ2n) is 3.29. The maximum Gasteiger partial charge on any atom is 0.275 e. The molecule has 17 heavy (non-hydrogen) atoms. The van der Waals surface area contributed by atoms with Crippen molar-refractivity contribution < 1.29 is 4.79 Å². The zero-order valence-electron chi connectivity index (χ0n) is 8.79. The first-order chi connectivity index (χ1) is 8.20. The van der Waals surface area contributed by atoms with E-state index in [1.165, 1.54) is 34.5 Å². The molecule has 7 heteroatoms. The van der Waals surface area contributed by atoms with Crippen molar-refractivity contribution in [1.29, 1.82) is 0 Å². The van der Waals surface area contributed by atoms with Crippen molar-refractivity contribution >= 4 is 17.2 Å². The second-order valence-corrected chi connectivity index (χ2v) is 4.45. The van der Waals surface area contributed by atoms with Crippen LogP contribution in [0.3, 0.4) is 0 Å². The number of amides is 1. The maximum absolute atomic E-state index is 11.4. The Morgan fingerprint density at radius 1 is 1.47 bits per heavy atom. The van der Waals surface area contributed by atoms with E-state index in [-0.39, 0.29) is 11.5 Å². The molecule has 2 aromatic heterocycles. The van der Waals surface area contributed by atoms with E-state index >= 15 is 0 Å². The summed E-state index contributed by atoms with van der Waals surface area (Å²) in [5, 5.41) is 0. The van der Waals surface area contributed by atoms with Crippen molar-refractivity contribution in [3.63, 3.8) is 0 Å². The Morgan fingerprint density at radius 3 is 3.00 bits per heavy atom. The highest BCUT2D eigenvalue weighted by molar-refractivity contribution is 7.14. The predicted molar refractivity (Wildman–Crippen MR) is 63.6 cm³/mol. The van der Waals surface area contributed by atoms with Gasteiger partial charge < -0.3 is 0 Å².